The topological polar surface area (TPSA) is 90.7 Å². The first kappa shape index (κ1) is 24.2. The molecule has 0 saturated carbocycles. The fourth-order valence-corrected chi connectivity index (χ4v) is 2.97. The fraction of sp³-hybridized carbons (Fsp3) is 0.857. The molecule has 2 heterocycles. The van der Waals surface area contributed by atoms with Crippen LogP contribution in [0, 0.1) is 0 Å². The smallest absolute Gasteiger partial charge is 0.223 e. The first-order chi connectivity index (χ1) is 11.7. The van der Waals surface area contributed by atoms with Crippen molar-refractivity contribution in [3.63, 3.8) is 0 Å². The van der Waals surface area contributed by atoms with Gasteiger partial charge in [-0.25, -0.2) is 0 Å². The summed E-state index contributed by atoms with van der Waals surface area (Å²) in [5, 5.41) is 7.85. The van der Waals surface area contributed by atoms with E-state index < -0.39 is 0 Å². The molecule has 0 aromatic heterocycles. The van der Waals surface area contributed by atoms with Crippen molar-refractivity contribution in [1.82, 2.24) is 20.4 Å². The van der Waals surface area contributed by atoms with E-state index in [1.807, 2.05) is 19.2 Å². The largest absolute Gasteiger partial charge is 0.339 e. The first-order valence-electron chi connectivity index (χ1n) is 8.11. The molecule has 2 fully saturated rings. The van der Waals surface area contributed by atoms with Gasteiger partial charge in [-0.1, -0.05) is 41.3 Å². The third-order valence-corrected chi connectivity index (χ3v) is 4.35. The summed E-state index contributed by atoms with van der Waals surface area (Å²) in [6, 6.07) is 0. The maximum atomic E-state index is 11.6. The van der Waals surface area contributed by atoms with E-state index in [2.05, 4.69) is 48.0 Å². The summed E-state index contributed by atoms with van der Waals surface area (Å²) >= 11 is 6.51. The first-order valence-corrected chi connectivity index (χ1v) is 11.0. The number of rotatable bonds is 4. The van der Waals surface area contributed by atoms with Crippen LogP contribution < -0.4 is 16.1 Å². The molecule has 7 nitrogen and oxygen atoms in total. The molecular weight excluding hydrogens is 461 g/mol. The molecule has 0 spiro atoms. The maximum Gasteiger partial charge on any atom is 0.223 e. The van der Waals surface area contributed by atoms with Gasteiger partial charge >= 0.3 is 0 Å². The van der Waals surface area contributed by atoms with Crippen molar-refractivity contribution in [2.75, 3.05) is 63.0 Å². The van der Waals surface area contributed by atoms with Gasteiger partial charge in [0.2, 0.25) is 11.8 Å². The minimum Gasteiger partial charge on any atom is -0.339 e. The quantitative estimate of drug-likeness (QED) is 0.385. The Morgan fingerprint density at radius 2 is 1.08 bits per heavy atom. The highest BCUT2D eigenvalue weighted by atomic mass is 79.9. The van der Waals surface area contributed by atoms with Crippen LogP contribution in [0.5, 0.6) is 0 Å². The van der Waals surface area contributed by atoms with Crippen molar-refractivity contribution in [2.45, 2.75) is 12.8 Å². The number of piperazine rings is 2. The van der Waals surface area contributed by atoms with Gasteiger partial charge in [-0.05, 0) is 0 Å². The molecule has 0 aliphatic carbocycles. The van der Waals surface area contributed by atoms with Gasteiger partial charge in [0.1, 0.15) is 0 Å². The van der Waals surface area contributed by atoms with Gasteiger partial charge in [0.25, 0.3) is 0 Å². The fourth-order valence-electron chi connectivity index (χ4n) is 2.29. The third-order valence-electron chi connectivity index (χ3n) is 3.56. The van der Waals surface area contributed by atoms with Crippen LogP contribution in [0.2, 0.25) is 0 Å². The molecule has 2 aliphatic heterocycles. The van der Waals surface area contributed by atoms with E-state index >= 15 is 0 Å². The van der Waals surface area contributed by atoms with Crippen LogP contribution in [0.4, 0.5) is 0 Å². The van der Waals surface area contributed by atoms with Crippen molar-refractivity contribution in [2.24, 2.45) is 5.50 Å². The molecule has 1 unspecified atom stereocenters. The Morgan fingerprint density at radius 3 is 1.29 bits per heavy atom. The number of halogens is 2. The molecule has 2 aliphatic rings. The number of nitrogens with one attached hydrogen (secondary N) is 2. The standard InChI is InChI=1S/C10H16Br2N2O2.C4H10N2.H4NP/c11-3-1-9(15)13-5-7-14(8-6-13)10(16)2-4-12;1-2-6-4-3-5-1;1-2/h1-8H2;5-6H,1-4H2;1-2H2. The molecule has 10 heteroatoms. The van der Waals surface area contributed by atoms with Gasteiger partial charge in [0, 0.05) is 75.9 Å². The summed E-state index contributed by atoms with van der Waals surface area (Å²) in [5.41, 5.74) is 4.42. The van der Waals surface area contributed by atoms with Crippen LogP contribution in [0.3, 0.4) is 0 Å². The lowest BCUT2D eigenvalue weighted by Crippen LogP contribution is -2.50. The van der Waals surface area contributed by atoms with Gasteiger partial charge < -0.3 is 25.9 Å². The van der Waals surface area contributed by atoms with Crippen LogP contribution >= 0.6 is 41.3 Å². The van der Waals surface area contributed by atoms with E-state index in [9.17, 15) is 9.59 Å². The predicted octanol–water partition coefficient (Wildman–Crippen LogP) is 0.142. The summed E-state index contributed by atoms with van der Waals surface area (Å²) in [4.78, 5) is 26.8. The van der Waals surface area contributed by atoms with Crippen molar-refractivity contribution >= 4 is 53.1 Å². The number of carbonyl (C=O) groups excluding carboxylic acids is 2. The average Bonchev–Trinajstić information content (AvgIpc) is 2.66. The van der Waals surface area contributed by atoms with Crippen molar-refractivity contribution < 1.29 is 9.59 Å². The summed E-state index contributed by atoms with van der Waals surface area (Å²) in [7, 11) is 1.92. The summed E-state index contributed by atoms with van der Waals surface area (Å²) < 4.78 is 0. The molecule has 0 bridgehead atoms. The Bertz CT molecular complexity index is 304. The highest BCUT2D eigenvalue weighted by molar-refractivity contribution is 9.09. The molecule has 142 valence electrons. The number of amides is 2. The monoisotopic (exact) mass is 489 g/mol. The molecule has 0 radical (unpaired) electrons. The molecule has 0 aromatic rings. The maximum absolute atomic E-state index is 11.6. The molecule has 24 heavy (non-hydrogen) atoms. The SMILES string of the molecule is C1CNCCN1.NP.O=C(CCBr)N1CCN(C(=O)CCBr)CC1. The molecule has 2 saturated heterocycles. The molecule has 4 N–H and O–H groups in total. The van der Waals surface area contributed by atoms with Crippen LogP contribution in [0.15, 0.2) is 0 Å². The minimum atomic E-state index is 0.171. The second-order valence-electron chi connectivity index (χ2n) is 5.14. The summed E-state index contributed by atoms with van der Waals surface area (Å²) in [6.07, 6.45) is 1.07. The van der Waals surface area contributed by atoms with Crippen LogP contribution in [0.25, 0.3) is 0 Å². The van der Waals surface area contributed by atoms with Crippen LogP contribution in [-0.4, -0.2) is 84.6 Å². The van der Waals surface area contributed by atoms with Crippen LogP contribution in [-0.2, 0) is 9.59 Å². The van der Waals surface area contributed by atoms with E-state index in [1.54, 1.807) is 0 Å². The zero-order chi connectivity index (χ0) is 18.2. The van der Waals surface area contributed by atoms with Crippen molar-refractivity contribution in [3.8, 4) is 0 Å². The Balaban J connectivity index is 0.000000547. The van der Waals surface area contributed by atoms with Crippen molar-refractivity contribution in [3.05, 3.63) is 0 Å². The number of nitrogens with two attached hydrogens (primary N) is 1. The predicted molar refractivity (Wildman–Crippen MR) is 110 cm³/mol. The number of hydrogen-bond acceptors (Lipinski definition) is 5. The Hall–Kier alpha value is 0.210. The molecule has 0 aromatic carbocycles. The van der Waals surface area contributed by atoms with Crippen LogP contribution in [0.1, 0.15) is 12.8 Å². The Labute approximate surface area is 164 Å². The number of nitrogens with zero attached hydrogens (tertiary/aromatic N) is 2. The summed E-state index contributed by atoms with van der Waals surface area (Å²) in [6.45, 7) is 7.22. The van der Waals surface area contributed by atoms with Gasteiger partial charge in [-0.15, -0.1) is 0 Å². The van der Waals surface area contributed by atoms with E-state index in [0.717, 1.165) is 26.2 Å². The molecular formula is C14H30Br2N5O2P. The van der Waals surface area contributed by atoms with Gasteiger partial charge in [-0.3, -0.25) is 9.59 Å². The number of hydrogen-bond donors (Lipinski definition) is 3. The molecule has 2 amide bonds. The van der Waals surface area contributed by atoms with E-state index in [0.29, 0.717) is 49.7 Å². The Kier molecular flexibility index (Phi) is 16.8. The van der Waals surface area contributed by atoms with Gasteiger partial charge in [0.15, 0.2) is 0 Å². The molecule has 1 atom stereocenters. The van der Waals surface area contributed by atoms with E-state index in [-0.39, 0.29) is 11.8 Å². The zero-order valence-corrected chi connectivity index (χ0v) is 18.4. The lowest BCUT2D eigenvalue weighted by molar-refractivity contribution is -0.139. The van der Waals surface area contributed by atoms with E-state index in [4.69, 9.17) is 0 Å². The number of alkyl halides is 2. The highest BCUT2D eigenvalue weighted by Gasteiger charge is 2.22. The second kappa shape index (κ2) is 16.7. The average molecular weight is 491 g/mol. The van der Waals surface area contributed by atoms with Gasteiger partial charge in [-0.2, -0.15) is 0 Å². The van der Waals surface area contributed by atoms with Gasteiger partial charge in [0.05, 0.1) is 0 Å². The highest BCUT2D eigenvalue weighted by Crippen LogP contribution is 2.06. The zero-order valence-electron chi connectivity index (χ0n) is 14.1. The van der Waals surface area contributed by atoms with Crippen molar-refractivity contribution in [1.29, 1.82) is 0 Å². The lowest BCUT2D eigenvalue weighted by Gasteiger charge is -2.34. The lowest BCUT2D eigenvalue weighted by atomic mass is 10.2. The third kappa shape index (κ3) is 10.9. The Morgan fingerprint density at radius 1 is 0.792 bits per heavy atom. The molecule has 2 rings (SSSR count). The number of carbonyl (C=O) groups is 2. The second-order valence-corrected chi connectivity index (χ2v) is 6.73. The summed E-state index contributed by atoms with van der Waals surface area (Å²) in [5.74, 6) is 0.342. The minimum absolute atomic E-state index is 0.171. The van der Waals surface area contributed by atoms with E-state index in [1.165, 1.54) is 0 Å². The normalized spacial score (nSPS) is 17.2.